The van der Waals surface area contributed by atoms with Gasteiger partial charge in [-0.3, -0.25) is 4.57 Å². The lowest BCUT2D eigenvalue weighted by molar-refractivity contribution is -0.0299. The van der Waals surface area contributed by atoms with Crippen molar-refractivity contribution in [1.29, 1.82) is 0 Å². The minimum atomic E-state index is -1.04. The second-order valence-electron chi connectivity index (χ2n) is 4.20. The van der Waals surface area contributed by atoms with Crippen LogP contribution in [0.25, 0.3) is 11.2 Å². The summed E-state index contributed by atoms with van der Waals surface area (Å²) in [4.78, 5) is 12.0. The molecular weight excluding hydrogens is 260 g/mol. The van der Waals surface area contributed by atoms with Crippen LogP contribution < -0.4 is 0 Å². The Bertz CT molecular complexity index is 590. The monoisotopic (exact) mass is 270 g/mol. The number of nitrogens with zero attached hydrogens (tertiary/aromatic N) is 4. The summed E-state index contributed by atoms with van der Waals surface area (Å²) in [5, 5.41) is 19.9. The number of aliphatic hydroxyl groups is 2. The first-order chi connectivity index (χ1) is 8.59. The van der Waals surface area contributed by atoms with Gasteiger partial charge in [-0.1, -0.05) is 11.6 Å². The third kappa shape index (κ3) is 1.59. The molecule has 0 aromatic carbocycles. The predicted molar refractivity (Wildman–Crippen MR) is 61.9 cm³/mol. The van der Waals surface area contributed by atoms with Gasteiger partial charge in [-0.05, 0) is 6.92 Å². The van der Waals surface area contributed by atoms with Crippen molar-refractivity contribution in [2.75, 3.05) is 0 Å². The van der Waals surface area contributed by atoms with Crippen LogP contribution >= 0.6 is 11.6 Å². The average Bonchev–Trinajstić information content (AvgIpc) is 2.88. The zero-order valence-corrected chi connectivity index (χ0v) is 10.2. The molecular formula is C10H11ClN4O3. The van der Waals surface area contributed by atoms with Gasteiger partial charge in [-0.25, -0.2) is 15.0 Å². The molecule has 3 heterocycles. The summed E-state index contributed by atoms with van der Waals surface area (Å²) in [7, 11) is 0. The van der Waals surface area contributed by atoms with E-state index in [1.807, 2.05) is 0 Å². The molecule has 0 radical (unpaired) electrons. The molecule has 18 heavy (non-hydrogen) atoms. The number of hydrogen-bond donors (Lipinski definition) is 2. The van der Waals surface area contributed by atoms with Crippen molar-refractivity contribution < 1.29 is 14.9 Å². The van der Waals surface area contributed by atoms with Crippen molar-refractivity contribution in [2.45, 2.75) is 31.5 Å². The van der Waals surface area contributed by atoms with E-state index >= 15 is 0 Å². The van der Waals surface area contributed by atoms with Crippen molar-refractivity contribution in [3.63, 3.8) is 0 Å². The highest BCUT2D eigenvalue weighted by Gasteiger charge is 2.41. The Morgan fingerprint density at radius 3 is 2.72 bits per heavy atom. The van der Waals surface area contributed by atoms with E-state index in [1.54, 1.807) is 11.5 Å². The molecule has 0 amide bonds. The molecule has 0 bridgehead atoms. The first-order valence-electron chi connectivity index (χ1n) is 5.44. The molecule has 1 saturated heterocycles. The van der Waals surface area contributed by atoms with Crippen LogP contribution in [-0.2, 0) is 4.74 Å². The van der Waals surface area contributed by atoms with E-state index < -0.39 is 24.5 Å². The maximum Gasteiger partial charge on any atom is 0.167 e. The molecule has 0 spiro atoms. The Kier molecular flexibility index (Phi) is 2.70. The van der Waals surface area contributed by atoms with Gasteiger partial charge in [0, 0.05) is 0 Å². The highest BCUT2D eigenvalue weighted by Crippen LogP contribution is 2.31. The number of ether oxygens (including phenoxy) is 1. The molecule has 2 N–H and O–H groups in total. The molecule has 3 rings (SSSR count). The maximum absolute atomic E-state index is 9.93. The van der Waals surface area contributed by atoms with Gasteiger partial charge in [0.05, 0.1) is 12.4 Å². The van der Waals surface area contributed by atoms with Crippen LogP contribution in [0.1, 0.15) is 13.2 Å². The number of imidazole rings is 1. The van der Waals surface area contributed by atoms with Crippen LogP contribution in [0.2, 0.25) is 5.15 Å². The SMILES string of the molecule is CC1OC(n2cnc3c(Cl)ncnc32)C(O)C1O. The van der Waals surface area contributed by atoms with Crippen LogP contribution in [0, 0.1) is 0 Å². The van der Waals surface area contributed by atoms with Gasteiger partial charge >= 0.3 is 0 Å². The van der Waals surface area contributed by atoms with E-state index in [4.69, 9.17) is 16.3 Å². The molecule has 0 saturated carbocycles. The van der Waals surface area contributed by atoms with E-state index in [-0.39, 0.29) is 5.15 Å². The number of aromatic nitrogens is 4. The fraction of sp³-hybridized carbons (Fsp3) is 0.500. The fourth-order valence-electron chi connectivity index (χ4n) is 2.07. The van der Waals surface area contributed by atoms with Crippen molar-refractivity contribution in [1.82, 2.24) is 19.5 Å². The fourth-order valence-corrected chi connectivity index (χ4v) is 2.24. The first-order valence-corrected chi connectivity index (χ1v) is 5.82. The van der Waals surface area contributed by atoms with Crippen molar-refractivity contribution in [2.24, 2.45) is 0 Å². The quantitative estimate of drug-likeness (QED) is 0.715. The summed E-state index contributed by atoms with van der Waals surface area (Å²) in [6.45, 7) is 1.69. The highest BCUT2D eigenvalue weighted by atomic mass is 35.5. The van der Waals surface area contributed by atoms with Crippen LogP contribution in [0.5, 0.6) is 0 Å². The molecule has 0 aliphatic carbocycles. The number of fused-ring (bicyclic) bond motifs is 1. The Hall–Kier alpha value is -1.28. The molecule has 2 aromatic heterocycles. The number of aliphatic hydroxyl groups excluding tert-OH is 2. The molecule has 4 atom stereocenters. The van der Waals surface area contributed by atoms with E-state index in [0.29, 0.717) is 11.2 Å². The second kappa shape index (κ2) is 4.13. The first kappa shape index (κ1) is 11.8. The summed E-state index contributed by atoms with van der Waals surface area (Å²) in [6, 6.07) is 0. The van der Waals surface area contributed by atoms with E-state index in [2.05, 4.69) is 15.0 Å². The minimum Gasteiger partial charge on any atom is -0.388 e. The molecule has 1 aliphatic heterocycles. The normalized spacial score (nSPS) is 32.2. The largest absolute Gasteiger partial charge is 0.388 e. The van der Waals surface area contributed by atoms with Crippen LogP contribution in [0.4, 0.5) is 0 Å². The molecule has 1 fully saturated rings. The lowest BCUT2D eigenvalue weighted by Gasteiger charge is -2.16. The van der Waals surface area contributed by atoms with Crippen molar-refractivity contribution in [3.05, 3.63) is 17.8 Å². The lowest BCUT2D eigenvalue weighted by atomic mass is 10.1. The lowest BCUT2D eigenvalue weighted by Crippen LogP contribution is -2.30. The Labute approximate surface area is 107 Å². The van der Waals surface area contributed by atoms with Crippen LogP contribution in [0.15, 0.2) is 12.7 Å². The van der Waals surface area contributed by atoms with Crippen molar-refractivity contribution >= 4 is 22.8 Å². The van der Waals surface area contributed by atoms with E-state index in [0.717, 1.165) is 0 Å². The third-order valence-corrected chi connectivity index (χ3v) is 3.34. The van der Waals surface area contributed by atoms with Crippen molar-refractivity contribution in [3.8, 4) is 0 Å². The molecule has 1 aliphatic rings. The second-order valence-corrected chi connectivity index (χ2v) is 4.56. The van der Waals surface area contributed by atoms with Crippen LogP contribution in [0.3, 0.4) is 0 Å². The molecule has 4 unspecified atom stereocenters. The molecule has 2 aromatic rings. The topological polar surface area (TPSA) is 93.3 Å². The Balaban J connectivity index is 2.08. The predicted octanol–water partition coefficient (Wildman–Crippen LogP) is 0.119. The summed E-state index contributed by atoms with van der Waals surface area (Å²) < 4.78 is 7.04. The zero-order valence-electron chi connectivity index (χ0n) is 9.43. The third-order valence-electron chi connectivity index (χ3n) is 3.07. The zero-order chi connectivity index (χ0) is 12.9. The Morgan fingerprint density at radius 2 is 2.06 bits per heavy atom. The standard InChI is InChI=1S/C10H11ClN4O3/c1-4-6(16)7(17)10(18-4)15-3-14-5-8(11)12-2-13-9(5)15/h2-4,6-7,10,16-17H,1H3. The highest BCUT2D eigenvalue weighted by molar-refractivity contribution is 6.33. The van der Waals surface area contributed by atoms with E-state index in [1.165, 1.54) is 12.7 Å². The van der Waals surface area contributed by atoms with Gasteiger partial charge in [0.1, 0.15) is 24.1 Å². The van der Waals surface area contributed by atoms with Gasteiger partial charge < -0.3 is 14.9 Å². The summed E-state index contributed by atoms with van der Waals surface area (Å²) in [6.07, 6.45) is -0.393. The average molecular weight is 271 g/mol. The summed E-state index contributed by atoms with van der Waals surface area (Å²) in [5.74, 6) is 0. The van der Waals surface area contributed by atoms with Gasteiger partial charge in [0.15, 0.2) is 17.0 Å². The summed E-state index contributed by atoms with van der Waals surface area (Å²) >= 11 is 5.89. The maximum atomic E-state index is 9.93. The number of rotatable bonds is 1. The van der Waals surface area contributed by atoms with Gasteiger partial charge in [0.25, 0.3) is 0 Å². The molecule has 7 nitrogen and oxygen atoms in total. The summed E-state index contributed by atoms with van der Waals surface area (Å²) in [5.41, 5.74) is 0.893. The van der Waals surface area contributed by atoms with Gasteiger partial charge in [-0.2, -0.15) is 0 Å². The molecule has 8 heteroatoms. The number of hydrogen-bond acceptors (Lipinski definition) is 6. The van der Waals surface area contributed by atoms with Gasteiger partial charge in [-0.15, -0.1) is 0 Å². The smallest absolute Gasteiger partial charge is 0.167 e. The van der Waals surface area contributed by atoms with Gasteiger partial charge in [0.2, 0.25) is 0 Å². The Morgan fingerprint density at radius 1 is 1.28 bits per heavy atom. The number of halogens is 1. The minimum absolute atomic E-state index is 0.236. The van der Waals surface area contributed by atoms with E-state index in [9.17, 15) is 10.2 Å². The van der Waals surface area contributed by atoms with Crippen LogP contribution in [-0.4, -0.2) is 48.0 Å². The molecule has 96 valence electrons.